The quantitative estimate of drug-likeness (QED) is 0.631. The third-order valence-corrected chi connectivity index (χ3v) is 4.56. The number of carbonyl (C=O) groups excluding carboxylic acids is 1. The van der Waals surface area contributed by atoms with Gasteiger partial charge in [0.1, 0.15) is 12.1 Å². The monoisotopic (exact) mass is 381 g/mol. The minimum Gasteiger partial charge on any atom is -0.447 e. The summed E-state index contributed by atoms with van der Waals surface area (Å²) >= 11 is 0. The van der Waals surface area contributed by atoms with Crippen LogP contribution in [0.4, 0.5) is 4.39 Å². The molecule has 5 nitrogen and oxygen atoms in total. The first-order chi connectivity index (χ1) is 13.6. The van der Waals surface area contributed by atoms with Gasteiger partial charge in [-0.05, 0) is 37.1 Å². The van der Waals surface area contributed by atoms with Gasteiger partial charge in [-0.25, -0.2) is 9.37 Å². The number of hydrogen-bond acceptors (Lipinski definition) is 4. The highest BCUT2D eigenvalue weighted by Gasteiger charge is 2.20. The standard InChI is InChI=1S/C22H24FN3O2/c1-3-24-22(27)20-15-28-21(25-20)14-26(13-17-8-7-11-19(23)12-17)16(2)18-9-5-4-6-10-18/h4-12,15-16H,3,13-14H2,1-2H3,(H,24,27)/t16-/m0/s1. The minimum atomic E-state index is -0.264. The first-order valence-electron chi connectivity index (χ1n) is 9.33. The molecule has 28 heavy (non-hydrogen) atoms. The first kappa shape index (κ1) is 19.8. The number of benzene rings is 2. The second-order valence-electron chi connectivity index (χ2n) is 6.61. The minimum absolute atomic E-state index is 0.0456. The molecule has 3 rings (SSSR count). The molecule has 3 aromatic rings. The Morgan fingerprint density at radius 3 is 2.68 bits per heavy atom. The van der Waals surface area contributed by atoms with E-state index in [0.29, 0.717) is 25.5 Å². The number of amides is 1. The smallest absolute Gasteiger partial charge is 0.273 e. The van der Waals surface area contributed by atoms with Crippen LogP contribution in [0.1, 0.15) is 47.4 Å². The summed E-state index contributed by atoms with van der Waals surface area (Å²) in [4.78, 5) is 18.4. The van der Waals surface area contributed by atoms with Gasteiger partial charge in [0.2, 0.25) is 5.89 Å². The molecular formula is C22H24FN3O2. The topological polar surface area (TPSA) is 58.4 Å². The van der Waals surface area contributed by atoms with Crippen molar-refractivity contribution in [2.24, 2.45) is 0 Å². The van der Waals surface area contributed by atoms with Crippen molar-refractivity contribution in [1.29, 1.82) is 0 Å². The van der Waals surface area contributed by atoms with Gasteiger partial charge in [-0.2, -0.15) is 0 Å². The maximum atomic E-state index is 13.6. The zero-order valence-electron chi connectivity index (χ0n) is 16.1. The lowest BCUT2D eigenvalue weighted by atomic mass is 10.1. The summed E-state index contributed by atoms with van der Waals surface area (Å²) in [5.74, 6) is -0.0785. The van der Waals surface area contributed by atoms with E-state index in [4.69, 9.17) is 4.42 Å². The van der Waals surface area contributed by atoms with Crippen molar-refractivity contribution in [2.45, 2.75) is 33.0 Å². The molecule has 0 bridgehead atoms. The van der Waals surface area contributed by atoms with Crippen molar-refractivity contribution in [3.63, 3.8) is 0 Å². The molecule has 0 radical (unpaired) electrons. The molecule has 1 amide bonds. The van der Waals surface area contributed by atoms with E-state index in [2.05, 4.69) is 34.3 Å². The van der Waals surface area contributed by atoms with Gasteiger partial charge in [0.05, 0.1) is 6.54 Å². The van der Waals surface area contributed by atoms with Gasteiger partial charge in [-0.3, -0.25) is 9.69 Å². The molecule has 6 heteroatoms. The van der Waals surface area contributed by atoms with Gasteiger partial charge in [-0.15, -0.1) is 0 Å². The molecule has 1 atom stereocenters. The number of hydrogen-bond donors (Lipinski definition) is 1. The normalized spacial score (nSPS) is 12.1. The maximum Gasteiger partial charge on any atom is 0.273 e. The Bertz CT molecular complexity index is 911. The second-order valence-corrected chi connectivity index (χ2v) is 6.61. The Labute approximate surface area is 164 Å². The van der Waals surface area contributed by atoms with Crippen molar-refractivity contribution in [2.75, 3.05) is 6.54 Å². The van der Waals surface area contributed by atoms with Gasteiger partial charge in [-0.1, -0.05) is 42.5 Å². The zero-order valence-corrected chi connectivity index (χ0v) is 16.1. The highest BCUT2D eigenvalue weighted by molar-refractivity contribution is 5.91. The van der Waals surface area contributed by atoms with E-state index in [1.807, 2.05) is 31.2 Å². The van der Waals surface area contributed by atoms with E-state index in [1.165, 1.54) is 18.4 Å². The van der Waals surface area contributed by atoms with Gasteiger partial charge in [0.15, 0.2) is 5.69 Å². The summed E-state index contributed by atoms with van der Waals surface area (Å²) in [6.07, 6.45) is 1.37. The summed E-state index contributed by atoms with van der Waals surface area (Å²) in [5, 5.41) is 2.71. The molecular weight excluding hydrogens is 357 g/mol. The number of aromatic nitrogens is 1. The summed E-state index contributed by atoms with van der Waals surface area (Å²) < 4.78 is 19.2. The van der Waals surface area contributed by atoms with Crippen LogP contribution in [-0.2, 0) is 13.1 Å². The molecule has 0 aliphatic rings. The Hall–Kier alpha value is -2.99. The van der Waals surface area contributed by atoms with E-state index in [0.717, 1.165) is 11.1 Å². The van der Waals surface area contributed by atoms with Crippen molar-refractivity contribution in [3.05, 3.63) is 89.4 Å². The molecule has 0 saturated heterocycles. The Morgan fingerprint density at radius 2 is 1.96 bits per heavy atom. The molecule has 0 spiro atoms. The van der Waals surface area contributed by atoms with Crippen LogP contribution in [0.5, 0.6) is 0 Å². The molecule has 1 N–H and O–H groups in total. The predicted molar refractivity (Wildman–Crippen MR) is 105 cm³/mol. The van der Waals surface area contributed by atoms with Gasteiger partial charge >= 0.3 is 0 Å². The summed E-state index contributed by atoms with van der Waals surface area (Å²) in [6, 6.07) is 16.7. The third-order valence-electron chi connectivity index (χ3n) is 4.56. The van der Waals surface area contributed by atoms with E-state index < -0.39 is 0 Å². The van der Waals surface area contributed by atoms with Crippen LogP contribution in [0.2, 0.25) is 0 Å². The number of nitrogens with one attached hydrogen (secondary N) is 1. The molecule has 2 aromatic carbocycles. The average molecular weight is 381 g/mol. The molecule has 0 aliphatic carbocycles. The second kappa shape index (κ2) is 9.28. The number of carbonyl (C=O) groups is 1. The number of nitrogens with zero attached hydrogens (tertiary/aromatic N) is 2. The predicted octanol–water partition coefficient (Wildman–Crippen LogP) is 4.33. The van der Waals surface area contributed by atoms with Crippen molar-refractivity contribution >= 4 is 5.91 Å². The van der Waals surface area contributed by atoms with Crippen LogP contribution in [0.3, 0.4) is 0 Å². The first-order valence-corrected chi connectivity index (χ1v) is 9.33. The lowest BCUT2D eigenvalue weighted by molar-refractivity contribution is 0.0950. The Kier molecular flexibility index (Phi) is 6.55. The van der Waals surface area contributed by atoms with Crippen LogP contribution in [0.15, 0.2) is 65.3 Å². The van der Waals surface area contributed by atoms with Crippen LogP contribution in [0, 0.1) is 5.82 Å². The molecule has 1 aromatic heterocycles. The number of rotatable bonds is 8. The van der Waals surface area contributed by atoms with E-state index in [1.54, 1.807) is 6.07 Å². The summed E-state index contributed by atoms with van der Waals surface area (Å²) in [7, 11) is 0. The molecule has 0 aliphatic heterocycles. The van der Waals surface area contributed by atoms with E-state index in [-0.39, 0.29) is 23.5 Å². The lowest BCUT2D eigenvalue weighted by Gasteiger charge is -2.28. The van der Waals surface area contributed by atoms with Gasteiger partial charge in [0.25, 0.3) is 5.91 Å². The average Bonchev–Trinajstić information content (AvgIpc) is 3.17. The molecule has 0 unspecified atom stereocenters. The SMILES string of the molecule is CCNC(=O)c1coc(CN(Cc2cccc(F)c2)[C@@H](C)c2ccccc2)n1. The van der Waals surface area contributed by atoms with Crippen LogP contribution < -0.4 is 5.32 Å². The molecule has 0 saturated carbocycles. The molecule has 0 fully saturated rings. The highest BCUT2D eigenvalue weighted by atomic mass is 19.1. The van der Waals surface area contributed by atoms with Gasteiger partial charge in [0, 0.05) is 19.1 Å². The number of halogens is 1. The van der Waals surface area contributed by atoms with Gasteiger partial charge < -0.3 is 9.73 Å². The Balaban J connectivity index is 1.82. The van der Waals surface area contributed by atoms with Crippen molar-refractivity contribution in [1.82, 2.24) is 15.2 Å². The summed E-state index contributed by atoms with van der Waals surface area (Å²) in [5.41, 5.74) is 2.25. The lowest BCUT2D eigenvalue weighted by Crippen LogP contribution is -2.27. The van der Waals surface area contributed by atoms with Crippen LogP contribution >= 0.6 is 0 Å². The van der Waals surface area contributed by atoms with E-state index in [9.17, 15) is 9.18 Å². The van der Waals surface area contributed by atoms with Crippen LogP contribution in [0.25, 0.3) is 0 Å². The molecule has 1 heterocycles. The van der Waals surface area contributed by atoms with Crippen molar-refractivity contribution < 1.29 is 13.6 Å². The fourth-order valence-electron chi connectivity index (χ4n) is 3.05. The number of oxazole rings is 1. The Morgan fingerprint density at radius 1 is 1.18 bits per heavy atom. The third kappa shape index (κ3) is 5.04. The largest absolute Gasteiger partial charge is 0.447 e. The van der Waals surface area contributed by atoms with Crippen molar-refractivity contribution in [3.8, 4) is 0 Å². The molecule has 146 valence electrons. The highest BCUT2D eigenvalue weighted by Crippen LogP contribution is 2.24. The fraction of sp³-hybridized carbons (Fsp3) is 0.273. The zero-order chi connectivity index (χ0) is 19.9. The van der Waals surface area contributed by atoms with E-state index >= 15 is 0 Å². The maximum absolute atomic E-state index is 13.6. The fourth-order valence-corrected chi connectivity index (χ4v) is 3.05. The van der Waals surface area contributed by atoms with Crippen LogP contribution in [-0.4, -0.2) is 22.3 Å². The summed E-state index contributed by atoms with van der Waals surface area (Å²) in [6.45, 7) is 5.37.